The normalized spacial score (nSPS) is 20.6. The van der Waals surface area contributed by atoms with Crippen LogP contribution < -0.4 is 15.4 Å². The number of nitrogens with zero attached hydrogens (tertiary/aromatic N) is 1. The number of piperidine rings is 1. The van der Waals surface area contributed by atoms with E-state index in [-0.39, 0.29) is 17.7 Å². The van der Waals surface area contributed by atoms with Gasteiger partial charge in [0.15, 0.2) is 0 Å². The van der Waals surface area contributed by atoms with Crippen LogP contribution in [0, 0.1) is 0 Å². The van der Waals surface area contributed by atoms with Gasteiger partial charge in [-0.15, -0.1) is 0 Å². The number of piperazine rings is 1. The maximum Gasteiger partial charge on any atom is 0.234 e. The molecule has 0 unspecified atom stereocenters. The van der Waals surface area contributed by atoms with Gasteiger partial charge in [-0.05, 0) is 41.5 Å². The molecule has 1 aromatic heterocycles. The molecule has 0 radical (unpaired) electrons. The molecule has 2 amide bonds. The zero-order valence-corrected chi connectivity index (χ0v) is 16.8. The molecule has 3 heterocycles. The maximum absolute atomic E-state index is 12.3. The molecule has 0 saturated carbocycles. The number of ether oxygens (including phenoxy) is 1. The van der Waals surface area contributed by atoms with Crippen LogP contribution in [-0.4, -0.2) is 56.0 Å². The van der Waals surface area contributed by atoms with Gasteiger partial charge < -0.3 is 14.5 Å². The highest BCUT2D eigenvalue weighted by atomic mass is 16.5. The van der Waals surface area contributed by atoms with E-state index in [1.807, 2.05) is 24.3 Å². The molecule has 2 fully saturated rings. The summed E-state index contributed by atoms with van der Waals surface area (Å²) in [5, 5.41) is 8.80. The highest BCUT2D eigenvalue weighted by molar-refractivity contribution is 6.04. The third-order valence-corrected chi connectivity index (χ3v) is 6.03. The number of nitrogens with one attached hydrogen (secondary N) is 2. The second-order valence-electron chi connectivity index (χ2n) is 7.99. The van der Waals surface area contributed by atoms with Gasteiger partial charge in [0.2, 0.25) is 11.8 Å². The lowest BCUT2D eigenvalue weighted by molar-refractivity contribution is -0.134. The van der Waals surface area contributed by atoms with E-state index in [2.05, 4.69) is 21.6 Å². The molecular formula is C23H25N3O4. The highest BCUT2D eigenvalue weighted by Gasteiger charge is 2.30. The fourth-order valence-electron chi connectivity index (χ4n) is 4.35. The number of hydrogen-bond acceptors (Lipinski definition) is 6. The molecule has 1 atom stereocenters. The standard InChI is InChI=1S/C23H25N3O4/c27-22-4-3-18(23(28)25-22)20-14-30-21-13-15-1-2-17(11-16(15)12-19(20)21)29-10-9-26-7-5-24-6-8-26/h1-2,11-14,18,24H,3-10H2,(H,25,27,28)/t18-/m0/s1. The van der Waals surface area contributed by atoms with Crippen LogP contribution >= 0.6 is 0 Å². The molecule has 5 rings (SSSR count). The minimum Gasteiger partial charge on any atom is -0.492 e. The van der Waals surface area contributed by atoms with Gasteiger partial charge >= 0.3 is 0 Å². The minimum atomic E-state index is -0.361. The molecule has 2 aliphatic rings. The fourth-order valence-corrected chi connectivity index (χ4v) is 4.35. The Labute approximate surface area is 174 Å². The second-order valence-corrected chi connectivity index (χ2v) is 7.99. The Morgan fingerprint density at radius 3 is 2.80 bits per heavy atom. The molecule has 0 aliphatic carbocycles. The predicted octanol–water partition coefficient (Wildman–Crippen LogP) is 2.39. The van der Waals surface area contributed by atoms with Gasteiger partial charge in [-0.3, -0.25) is 19.8 Å². The lowest BCUT2D eigenvalue weighted by Gasteiger charge is -2.26. The molecular weight excluding hydrogens is 382 g/mol. The Morgan fingerprint density at radius 2 is 1.97 bits per heavy atom. The Hall–Kier alpha value is -2.90. The number of fused-ring (bicyclic) bond motifs is 2. The summed E-state index contributed by atoms with van der Waals surface area (Å²) in [7, 11) is 0. The van der Waals surface area contributed by atoms with E-state index in [1.54, 1.807) is 6.26 Å². The van der Waals surface area contributed by atoms with E-state index in [0.717, 1.165) is 65.8 Å². The molecule has 2 aliphatic heterocycles. The summed E-state index contributed by atoms with van der Waals surface area (Å²) in [6, 6.07) is 10.1. The lowest BCUT2D eigenvalue weighted by atomic mass is 9.90. The Bertz CT molecular complexity index is 1100. The Kier molecular flexibility index (Phi) is 5.14. The minimum absolute atomic E-state index is 0.211. The molecule has 30 heavy (non-hydrogen) atoms. The van der Waals surface area contributed by atoms with Gasteiger partial charge in [0.1, 0.15) is 17.9 Å². The smallest absolute Gasteiger partial charge is 0.234 e. The van der Waals surface area contributed by atoms with Crippen LogP contribution in [0.25, 0.3) is 21.7 Å². The van der Waals surface area contributed by atoms with Gasteiger partial charge in [0.05, 0.1) is 12.2 Å². The number of amides is 2. The van der Waals surface area contributed by atoms with Crippen LogP contribution in [0.1, 0.15) is 24.3 Å². The molecule has 0 bridgehead atoms. The molecule has 2 saturated heterocycles. The van der Waals surface area contributed by atoms with Crippen LogP contribution in [0.4, 0.5) is 0 Å². The number of carbonyl (C=O) groups excluding carboxylic acids is 2. The second kappa shape index (κ2) is 8.08. The lowest BCUT2D eigenvalue weighted by Crippen LogP contribution is -2.44. The number of benzene rings is 2. The monoisotopic (exact) mass is 407 g/mol. The third kappa shape index (κ3) is 3.78. The number of furan rings is 1. The zero-order valence-electron chi connectivity index (χ0n) is 16.8. The summed E-state index contributed by atoms with van der Waals surface area (Å²) >= 11 is 0. The van der Waals surface area contributed by atoms with E-state index in [0.29, 0.717) is 19.4 Å². The maximum atomic E-state index is 12.3. The number of imide groups is 1. The van der Waals surface area contributed by atoms with Crippen LogP contribution in [-0.2, 0) is 9.59 Å². The summed E-state index contributed by atoms with van der Waals surface area (Å²) in [6.07, 6.45) is 2.50. The van der Waals surface area contributed by atoms with Gasteiger partial charge in [-0.25, -0.2) is 0 Å². The van der Waals surface area contributed by atoms with E-state index in [1.165, 1.54) is 0 Å². The molecule has 0 spiro atoms. The van der Waals surface area contributed by atoms with Crippen molar-refractivity contribution in [2.45, 2.75) is 18.8 Å². The highest BCUT2D eigenvalue weighted by Crippen LogP contribution is 2.35. The van der Waals surface area contributed by atoms with Crippen molar-refractivity contribution in [2.24, 2.45) is 0 Å². The topological polar surface area (TPSA) is 83.8 Å². The molecule has 2 N–H and O–H groups in total. The van der Waals surface area contributed by atoms with Crippen LogP contribution in [0.5, 0.6) is 5.75 Å². The first kappa shape index (κ1) is 19.1. The van der Waals surface area contributed by atoms with Gasteiger partial charge in [-0.1, -0.05) is 6.07 Å². The van der Waals surface area contributed by atoms with Crippen molar-refractivity contribution < 1.29 is 18.7 Å². The summed E-state index contributed by atoms with van der Waals surface area (Å²) < 4.78 is 11.7. The van der Waals surface area contributed by atoms with Crippen molar-refractivity contribution >= 4 is 33.6 Å². The van der Waals surface area contributed by atoms with E-state index >= 15 is 0 Å². The zero-order chi connectivity index (χ0) is 20.5. The first-order valence-electron chi connectivity index (χ1n) is 10.5. The Balaban J connectivity index is 1.37. The van der Waals surface area contributed by atoms with Crippen molar-refractivity contribution in [1.29, 1.82) is 0 Å². The number of carbonyl (C=O) groups is 2. The number of rotatable bonds is 5. The van der Waals surface area contributed by atoms with E-state index < -0.39 is 0 Å². The summed E-state index contributed by atoms with van der Waals surface area (Å²) in [6.45, 7) is 5.75. The molecule has 7 nitrogen and oxygen atoms in total. The quantitative estimate of drug-likeness (QED) is 0.632. The van der Waals surface area contributed by atoms with Gasteiger partial charge in [0.25, 0.3) is 0 Å². The fraction of sp³-hybridized carbons (Fsp3) is 0.391. The Morgan fingerprint density at radius 1 is 1.10 bits per heavy atom. The van der Waals surface area contributed by atoms with Crippen LogP contribution in [0.15, 0.2) is 41.0 Å². The number of hydrogen-bond donors (Lipinski definition) is 2. The summed E-state index contributed by atoms with van der Waals surface area (Å²) in [5.74, 6) is 0.0130. The average Bonchev–Trinajstić information content (AvgIpc) is 3.15. The summed E-state index contributed by atoms with van der Waals surface area (Å²) in [4.78, 5) is 26.2. The molecule has 156 valence electrons. The van der Waals surface area contributed by atoms with Crippen molar-refractivity contribution in [3.63, 3.8) is 0 Å². The van der Waals surface area contributed by atoms with E-state index in [4.69, 9.17) is 9.15 Å². The molecule has 3 aromatic rings. The third-order valence-electron chi connectivity index (χ3n) is 6.03. The van der Waals surface area contributed by atoms with E-state index in [9.17, 15) is 9.59 Å². The van der Waals surface area contributed by atoms with Crippen molar-refractivity contribution in [3.05, 3.63) is 42.2 Å². The van der Waals surface area contributed by atoms with Gasteiger partial charge in [-0.2, -0.15) is 0 Å². The SMILES string of the molecule is O=C1CC[C@@H](c2coc3cc4ccc(OCCN5CCNCC5)cc4cc23)C(=O)N1. The molecule has 7 heteroatoms. The van der Waals surface area contributed by atoms with Crippen LogP contribution in [0.2, 0.25) is 0 Å². The summed E-state index contributed by atoms with van der Waals surface area (Å²) in [5.41, 5.74) is 1.58. The first-order chi connectivity index (χ1) is 14.7. The molecule has 2 aromatic carbocycles. The van der Waals surface area contributed by atoms with Crippen molar-refractivity contribution in [1.82, 2.24) is 15.5 Å². The first-order valence-corrected chi connectivity index (χ1v) is 10.5. The van der Waals surface area contributed by atoms with Crippen molar-refractivity contribution in [2.75, 3.05) is 39.3 Å². The van der Waals surface area contributed by atoms with Crippen LogP contribution in [0.3, 0.4) is 0 Å². The van der Waals surface area contributed by atoms with Gasteiger partial charge in [0, 0.05) is 50.1 Å². The predicted molar refractivity (Wildman–Crippen MR) is 114 cm³/mol. The van der Waals surface area contributed by atoms with Crippen molar-refractivity contribution in [3.8, 4) is 5.75 Å². The average molecular weight is 407 g/mol. The largest absolute Gasteiger partial charge is 0.492 e.